The smallest absolute Gasteiger partial charge is 0.0870 e. The number of ether oxygens (including phenoxy) is 1. The molecule has 0 saturated carbocycles. The van der Waals surface area contributed by atoms with Gasteiger partial charge in [0.1, 0.15) is 0 Å². The Hall–Kier alpha value is -1.68. The molecule has 22 heavy (non-hydrogen) atoms. The third kappa shape index (κ3) is 3.74. The van der Waals surface area contributed by atoms with E-state index in [2.05, 4.69) is 17.0 Å². The number of morpholine rings is 1. The van der Waals surface area contributed by atoms with E-state index in [9.17, 15) is 5.11 Å². The van der Waals surface area contributed by atoms with Crippen LogP contribution in [0.15, 0.2) is 60.7 Å². The highest BCUT2D eigenvalue weighted by Crippen LogP contribution is 2.31. The molecule has 116 valence electrons. The Labute approximate surface area is 132 Å². The van der Waals surface area contributed by atoms with Gasteiger partial charge in [0.05, 0.1) is 19.3 Å². The maximum absolute atomic E-state index is 10.9. The van der Waals surface area contributed by atoms with Gasteiger partial charge in [0.25, 0.3) is 0 Å². The van der Waals surface area contributed by atoms with Crippen molar-refractivity contribution < 1.29 is 9.84 Å². The molecule has 1 aliphatic heterocycles. The molecule has 0 amide bonds. The lowest BCUT2D eigenvalue weighted by atomic mass is 9.88. The van der Waals surface area contributed by atoms with Crippen molar-refractivity contribution in [1.29, 1.82) is 0 Å². The number of aliphatic hydroxyl groups excluding tert-OH is 1. The van der Waals surface area contributed by atoms with E-state index in [4.69, 9.17) is 4.74 Å². The van der Waals surface area contributed by atoms with Crippen LogP contribution in [0.5, 0.6) is 0 Å². The molecule has 0 aliphatic carbocycles. The van der Waals surface area contributed by atoms with Gasteiger partial charge in [-0.1, -0.05) is 60.7 Å². The summed E-state index contributed by atoms with van der Waals surface area (Å²) in [6, 6.07) is 20.3. The van der Waals surface area contributed by atoms with Crippen LogP contribution in [0.3, 0.4) is 0 Å². The van der Waals surface area contributed by atoms with Crippen molar-refractivity contribution in [3.8, 4) is 0 Å². The van der Waals surface area contributed by atoms with E-state index < -0.39 is 6.10 Å². The van der Waals surface area contributed by atoms with Gasteiger partial charge >= 0.3 is 0 Å². The van der Waals surface area contributed by atoms with Gasteiger partial charge < -0.3 is 9.84 Å². The zero-order chi connectivity index (χ0) is 15.2. The standard InChI is InChI=1S/C19H23NO2/c21-19(17-9-5-2-6-10-17)18(16-7-3-1-4-8-16)15-20-11-13-22-14-12-20/h1-10,18-19,21H,11-15H2/t18-,19-/m0/s1. The lowest BCUT2D eigenvalue weighted by Crippen LogP contribution is -2.39. The second-order valence-electron chi connectivity index (χ2n) is 5.79. The summed E-state index contributed by atoms with van der Waals surface area (Å²) >= 11 is 0. The van der Waals surface area contributed by atoms with Gasteiger partial charge in [-0.25, -0.2) is 0 Å². The number of hydrogen-bond acceptors (Lipinski definition) is 3. The summed E-state index contributed by atoms with van der Waals surface area (Å²) in [7, 11) is 0. The molecular formula is C19H23NO2. The van der Waals surface area contributed by atoms with Crippen LogP contribution in [0.4, 0.5) is 0 Å². The number of benzene rings is 2. The molecule has 0 aromatic heterocycles. The van der Waals surface area contributed by atoms with Crippen LogP contribution in [0.25, 0.3) is 0 Å². The summed E-state index contributed by atoms with van der Waals surface area (Å²) < 4.78 is 5.43. The summed E-state index contributed by atoms with van der Waals surface area (Å²) in [6.07, 6.45) is -0.494. The van der Waals surface area contributed by atoms with Crippen molar-refractivity contribution >= 4 is 0 Å². The lowest BCUT2D eigenvalue weighted by molar-refractivity contribution is 0.0240. The molecule has 2 aromatic carbocycles. The normalized spacial score (nSPS) is 18.8. The topological polar surface area (TPSA) is 32.7 Å². The third-order valence-electron chi connectivity index (χ3n) is 4.31. The van der Waals surface area contributed by atoms with Gasteiger partial charge in [-0.3, -0.25) is 4.90 Å². The van der Waals surface area contributed by atoms with Gasteiger partial charge in [0.15, 0.2) is 0 Å². The summed E-state index contributed by atoms with van der Waals surface area (Å²) in [5, 5.41) is 10.9. The minimum atomic E-state index is -0.494. The molecule has 1 heterocycles. The van der Waals surface area contributed by atoms with Gasteiger partial charge in [0.2, 0.25) is 0 Å². The van der Waals surface area contributed by atoms with Crippen LogP contribution in [0.2, 0.25) is 0 Å². The molecule has 3 rings (SSSR count). The molecule has 1 aliphatic rings. The van der Waals surface area contributed by atoms with E-state index >= 15 is 0 Å². The van der Waals surface area contributed by atoms with E-state index in [1.807, 2.05) is 48.5 Å². The van der Waals surface area contributed by atoms with E-state index in [0.29, 0.717) is 0 Å². The Balaban J connectivity index is 1.82. The molecule has 1 N–H and O–H groups in total. The van der Waals surface area contributed by atoms with Gasteiger partial charge in [-0.05, 0) is 11.1 Å². The third-order valence-corrected chi connectivity index (χ3v) is 4.31. The van der Waals surface area contributed by atoms with E-state index in [1.54, 1.807) is 0 Å². The van der Waals surface area contributed by atoms with E-state index in [0.717, 1.165) is 38.4 Å². The predicted molar refractivity (Wildman–Crippen MR) is 87.8 cm³/mol. The number of aliphatic hydroxyl groups is 1. The molecule has 0 radical (unpaired) electrons. The Kier molecular flexibility index (Phi) is 5.22. The first-order chi connectivity index (χ1) is 10.8. The maximum Gasteiger partial charge on any atom is 0.0870 e. The molecule has 3 nitrogen and oxygen atoms in total. The summed E-state index contributed by atoms with van der Waals surface area (Å²) in [5.41, 5.74) is 2.16. The maximum atomic E-state index is 10.9. The minimum absolute atomic E-state index is 0.0710. The van der Waals surface area contributed by atoms with Crippen LogP contribution < -0.4 is 0 Å². The first kappa shape index (κ1) is 15.2. The average molecular weight is 297 g/mol. The molecule has 1 saturated heterocycles. The average Bonchev–Trinajstić information content (AvgIpc) is 2.61. The zero-order valence-electron chi connectivity index (χ0n) is 12.8. The van der Waals surface area contributed by atoms with Crippen LogP contribution in [-0.2, 0) is 4.74 Å². The predicted octanol–water partition coefficient (Wildman–Crippen LogP) is 2.84. The van der Waals surface area contributed by atoms with Gasteiger partial charge in [0, 0.05) is 25.6 Å². The lowest BCUT2D eigenvalue weighted by Gasteiger charge is -2.33. The molecule has 2 aromatic rings. The number of rotatable bonds is 5. The summed E-state index contributed by atoms with van der Waals surface area (Å²) in [4.78, 5) is 2.38. The fourth-order valence-corrected chi connectivity index (χ4v) is 3.03. The summed E-state index contributed by atoms with van der Waals surface area (Å²) in [5.74, 6) is 0.0710. The van der Waals surface area contributed by atoms with Gasteiger partial charge in [-0.15, -0.1) is 0 Å². The number of hydrogen-bond donors (Lipinski definition) is 1. The molecule has 3 heteroatoms. The van der Waals surface area contributed by atoms with E-state index in [1.165, 1.54) is 5.56 Å². The number of nitrogens with zero attached hydrogens (tertiary/aromatic N) is 1. The first-order valence-corrected chi connectivity index (χ1v) is 7.92. The highest BCUT2D eigenvalue weighted by Gasteiger charge is 2.25. The van der Waals surface area contributed by atoms with Crippen LogP contribution in [0.1, 0.15) is 23.1 Å². The molecular weight excluding hydrogens is 274 g/mol. The first-order valence-electron chi connectivity index (χ1n) is 7.92. The quantitative estimate of drug-likeness (QED) is 0.921. The van der Waals surface area contributed by atoms with Crippen LogP contribution >= 0.6 is 0 Å². The van der Waals surface area contributed by atoms with Gasteiger partial charge in [-0.2, -0.15) is 0 Å². The van der Waals surface area contributed by atoms with Crippen molar-refractivity contribution in [2.24, 2.45) is 0 Å². The SMILES string of the molecule is O[C@@H](c1ccccc1)[C@@H](CN1CCOCC1)c1ccccc1. The Bertz CT molecular complexity index is 552. The Morgan fingerprint density at radius 2 is 1.41 bits per heavy atom. The van der Waals surface area contributed by atoms with Crippen molar-refractivity contribution in [1.82, 2.24) is 4.90 Å². The second-order valence-corrected chi connectivity index (χ2v) is 5.79. The molecule has 0 spiro atoms. The summed E-state index contributed by atoms with van der Waals surface area (Å²) in [6.45, 7) is 4.28. The largest absolute Gasteiger partial charge is 0.388 e. The van der Waals surface area contributed by atoms with Crippen LogP contribution in [0, 0.1) is 0 Å². The molecule has 0 bridgehead atoms. The zero-order valence-corrected chi connectivity index (χ0v) is 12.8. The second kappa shape index (κ2) is 7.54. The highest BCUT2D eigenvalue weighted by molar-refractivity contribution is 5.27. The van der Waals surface area contributed by atoms with Crippen molar-refractivity contribution in [2.75, 3.05) is 32.8 Å². The molecule has 0 unspecified atom stereocenters. The monoisotopic (exact) mass is 297 g/mol. The van der Waals surface area contributed by atoms with Crippen molar-refractivity contribution in [2.45, 2.75) is 12.0 Å². The van der Waals surface area contributed by atoms with Crippen molar-refractivity contribution in [3.63, 3.8) is 0 Å². The van der Waals surface area contributed by atoms with E-state index in [-0.39, 0.29) is 5.92 Å². The van der Waals surface area contributed by atoms with Crippen molar-refractivity contribution in [3.05, 3.63) is 71.8 Å². The van der Waals surface area contributed by atoms with Crippen LogP contribution in [-0.4, -0.2) is 42.9 Å². The molecule has 1 fully saturated rings. The Morgan fingerprint density at radius 3 is 2.00 bits per heavy atom. The minimum Gasteiger partial charge on any atom is -0.388 e. The highest BCUT2D eigenvalue weighted by atomic mass is 16.5. The fourth-order valence-electron chi connectivity index (χ4n) is 3.03. The Morgan fingerprint density at radius 1 is 0.864 bits per heavy atom. The molecule has 2 atom stereocenters. The fraction of sp³-hybridized carbons (Fsp3) is 0.368.